The van der Waals surface area contributed by atoms with E-state index in [0.29, 0.717) is 0 Å². The molecule has 0 amide bonds. The number of carbonyl (C=O) groups is 2. The molecule has 5 nitrogen and oxygen atoms in total. The van der Waals surface area contributed by atoms with E-state index in [0.717, 1.165) is 7.11 Å². The maximum atomic E-state index is 10.2. The standard InChI is InChI=1S/C5H8O5/c1-4(6)9-3-10-5(7)8-2/h3H2,1-2H3. The summed E-state index contributed by atoms with van der Waals surface area (Å²) >= 11 is 0. The van der Waals surface area contributed by atoms with Crippen LogP contribution in [0.15, 0.2) is 0 Å². The molecule has 0 saturated heterocycles. The lowest BCUT2D eigenvalue weighted by Crippen LogP contribution is -2.10. The Balaban J connectivity index is 3.20. The van der Waals surface area contributed by atoms with Crippen LogP contribution in [0.5, 0.6) is 0 Å². The third-order valence-electron chi connectivity index (χ3n) is 0.606. The fourth-order valence-electron chi connectivity index (χ4n) is 0.219. The van der Waals surface area contributed by atoms with E-state index < -0.39 is 18.9 Å². The molecule has 0 aromatic carbocycles. The molecule has 58 valence electrons. The monoisotopic (exact) mass is 148 g/mol. The molecule has 0 N–H and O–H groups in total. The van der Waals surface area contributed by atoms with Crippen molar-refractivity contribution in [3.63, 3.8) is 0 Å². The summed E-state index contributed by atoms with van der Waals surface area (Å²) in [4.78, 5) is 20.2. The molecule has 0 saturated carbocycles. The summed E-state index contributed by atoms with van der Waals surface area (Å²) in [5.41, 5.74) is 0. The molecule has 0 unspecified atom stereocenters. The third-order valence-corrected chi connectivity index (χ3v) is 0.606. The van der Waals surface area contributed by atoms with Crippen LogP contribution < -0.4 is 0 Å². The average molecular weight is 148 g/mol. The lowest BCUT2D eigenvalue weighted by molar-refractivity contribution is -0.150. The molecule has 0 heterocycles. The molecular formula is C5H8O5. The minimum absolute atomic E-state index is 0.401. The van der Waals surface area contributed by atoms with Gasteiger partial charge in [0.05, 0.1) is 7.11 Å². The highest BCUT2D eigenvalue weighted by atomic mass is 16.8. The highest BCUT2D eigenvalue weighted by molar-refractivity contribution is 5.66. The van der Waals surface area contributed by atoms with E-state index >= 15 is 0 Å². The van der Waals surface area contributed by atoms with E-state index in [4.69, 9.17) is 0 Å². The quantitative estimate of drug-likeness (QED) is 0.416. The van der Waals surface area contributed by atoms with Crippen LogP contribution in [0.4, 0.5) is 4.79 Å². The van der Waals surface area contributed by atoms with Crippen LogP contribution in [-0.4, -0.2) is 26.0 Å². The van der Waals surface area contributed by atoms with Crippen molar-refractivity contribution in [3.8, 4) is 0 Å². The molecular weight excluding hydrogens is 140 g/mol. The van der Waals surface area contributed by atoms with Crippen molar-refractivity contribution in [1.29, 1.82) is 0 Å². The van der Waals surface area contributed by atoms with Gasteiger partial charge in [-0.15, -0.1) is 0 Å². The molecule has 0 spiro atoms. The molecule has 0 bridgehead atoms. The van der Waals surface area contributed by atoms with Crippen molar-refractivity contribution < 1.29 is 23.8 Å². The van der Waals surface area contributed by atoms with Crippen LogP contribution >= 0.6 is 0 Å². The largest absolute Gasteiger partial charge is 0.510 e. The molecule has 0 rings (SSSR count). The second-order valence-electron chi connectivity index (χ2n) is 1.35. The summed E-state index contributed by atoms with van der Waals surface area (Å²) in [5, 5.41) is 0. The number of ether oxygens (including phenoxy) is 3. The van der Waals surface area contributed by atoms with Crippen molar-refractivity contribution in [2.45, 2.75) is 6.92 Å². The van der Waals surface area contributed by atoms with E-state index in [9.17, 15) is 9.59 Å². The zero-order valence-corrected chi connectivity index (χ0v) is 5.75. The lowest BCUT2D eigenvalue weighted by atomic mass is 10.8. The highest BCUT2D eigenvalue weighted by Crippen LogP contribution is 1.83. The zero-order chi connectivity index (χ0) is 7.98. The molecule has 0 aliphatic heterocycles. The number of methoxy groups -OCH3 is 1. The van der Waals surface area contributed by atoms with Gasteiger partial charge in [-0.1, -0.05) is 0 Å². The first-order chi connectivity index (χ1) is 4.66. The maximum Gasteiger partial charge on any atom is 0.510 e. The number of esters is 1. The molecule has 0 aliphatic carbocycles. The van der Waals surface area contributed by atoms with E-state index in [2.05, 4.69) is 14.2 Å². The van der Waals surface area contributed by atoms with Gasteiger partial charge >= 0.3 is 12.1 Å². The van der Waals surface area contributed by atoms with Crippen molar-refractivity contribution >= 4 is 12.1 Å². The fourth-order valence-corrected chi connectivity index (χ4v) is 0.219. The van der Waals surface area contributed by atoms with Crippen LogP contribution in [0, 0.1) is 0 Å². The van der Waals surface area contributed by atoms with Crippen LogP contribution in [0.3, 0.4) is 0 Å². The second kappa shape index (κ2) is 4.60. The summed E-state index contributed by atoms with van der Waals surface area (Å²) in [6, 6.07) is 0. The Bertz CT molecular complexity index is 130. The van der Waals surface area contributed by atoms with Crippen molar-refractivity contribution in [2.75, 3.05) is 13.9 Å². The lowest BCUT2D eigenvalue weighted by Gasteiger charge is -2.01. The Hall–Kier alpha value is -1.26. The SMILES string of the molecule is COC(=O)OCOC(C)=O. The Morgan fingerprint density at radius 1 is 1.30 bits per heavy atom. The Morgan fingerprint density at radius 3 is 2.30 bits per heavy atom. The van der Waals surface area contributed by atoms with Crippen LogP contribution in [0.25, 0.3) is 0 Å². The van der Waals surface area contributed by atoms with Gasteiger partial charge in [-0.05, 0) is 0 Å². The Labute approximate surface area is 57.9 Å². The van der Waals surface area contributed by atoms with Gasteiger partial charge in [-0.25, -0.2) is 4.79 Å². The van der Waals surface area contributed by atoms with Gasteiger partial charge in [0.25, 0.3) is 0 Å². The average Bonchev–Trinajstić information content (AvgIpc) is 1.87. The molecule has 0 atom stereocenters. The first-order valence-corrected chi connectivity index (χ1v) is 2.51. The number of hydrogen-bond donors (Lipinski definition) is 0. The predicted octanol–water partition coefficient (Wildman–Crippen LogP) is 0.290. The van der Waals surface area contributed by atoms with Crippen LogP contribution in [0.1, 0.15) is 6.92 Å². The predicted molar refractivity (Wildman–Crippen MR) is 30.1 cm³/mol. The van der Waals surface area contributed by atoms with Crippen molar-refractivity contribution in [3.05, 3.63) is 0 Å². The maximum absolute atomic E-state index is 10.2. The fraction of sp³-hybridized carbons (Fsp3) is 0.600. The minimum Gasteiger partial charge on any atom is -0.438 e. The molecule has 0 fully saturated rings. The highest BCUT2D eigenvalue weighted by Gasteiger charge is 1.99. The molecule has 10 heavy (non-hydrogen) atoms. The van der Waals surface area contributed by atoms with Gasteiger partial charge in [-0.3, -0.25) is 4.79 Å². The molecule has 0 aliphatic rings. The minimum atomic E-state index is -0.874. The van der Waals surface area contributed by atoms with Gasteiger partial charge in [-0.2, -0.15) is 0 Å². The molecule has 0 radical (unpaired) electrons. The topological polar surface area (TPSA) is 61.8 Å². The first-order valence-electron chi connectivity index (χ1n) is 2.51. The second-order valence-corrected chi connectivity index (χ2v) is 1.35. The summed E-state index contributed by atoms with van der Waals surface area (Å²) in [6.07, 6.45) is -0.874. The number of rotatable bonds is 2. The van der Waals surface area contributed by atoms with E-state index in [1.54, 1.807) is 0 Å². The number of carbonyl (C=O) groups excluding carboxylic acids is 2. The van der Waals surface area contributed by atoms with Crippen LogP contribution in [0.2, 0.25) is 0 Å². The Kier molecular flexibility index (Phi) is 4.02. The van der Waals surface area contributed by atoms with E-state index in [1.165, 1.54) is 6.92 Å². The smallest absolute Gasteiger partial charge is 0.438 e. The van der Waals surface area contributed by atoms with Crippen LogP contribution in [-0.2, 0) is 19.0 Å². The summed E-state index contributed by atoms with van der Waals surface area (Å²) < 4.78 is 12.5. The van der Waals surface area contributed by atoms with E-state index in [1.807, 2.05) is 0 Å². The van der Waals surface area contributed by atoms with Crippen molar-refractivity contribution in [1.82, 2.24) is 0 Å². The molecule has 0 aromatic rings. The van der Waals surface area contributed by atoms with Gasteiger partial charge < -0.3 is 14.2 Å². The third kappa shape index (κ3) is 4.89. The summed E-state index contributed by atoms with van der Waals surface area (Å²) in [5.74, 6) is -0.510. The van der Waals surface area contributed by atoms with E-state index in [-0.39, 0.29) is 0 Å². The van der Waals surface area contributed by atoms with Crippen molar-refractivity contribution in [2.24, 2.45) is 0 Å². The summed E-state index contributed by atoms with van der Waals surface area (Å²) in [6.45, 7) is 0.808. The van der Waals surface area contributed by atoms with Gasteiger partial charge in [0.15, 0.2) is 0 Å². The van der Waals surface area contributed by atoms with Gasteiger partial charge in [0, 0.05) is 6.92 Å². The van der Waals surface area contributed by atoms with Gasteiger partial charge in [0.1, 0.15) is 0 Å². The zero-order valence-electron chi connectivity index (χ0n) is 5.75. The Morgan fingerprint density at radius 2 is 1.90 bits per heavy atom. The first kappa shape index (κ1) is 8.74. The molecule has 5 heteroatoms. The summed E-state index contributed by atoms with van der Waals surface area (Å²) in [7, 11) is 1.16. The van der Waals surface area contributed by atoms with Gasteiger partial charge in [0.2, 0.25) is 6.79 Å². The molecule has 0 aromatic heterocycles. The number of hydrogen-bond acceptors (Lipinski definition) is 5. The normalized spacial score (nSPS) is 8.20.